The first-order valence-electron chi connectivity index (χ1n) is 6.67. The minimum Gasteiger partial charge on any atom is -0.267 e. The molecule has 114 valence electrons. The third-order valence-corrected chi connectivity index (χ3v) is 4.60. The standard InChI is InChI=1S/C17H17NO3S/c1-11-5-7-13(8-6-11)15-9-12(2)14(17(19)18-3)10-16(15)22(4,20)21/h5-10H,3H2,1-2,4H3. The van der Waals surface area contributed by atoms with Gasteiger partial charge in [0.2, 0.25) is 0 Å². The van der Waals surface area contributed by atoms with Gasteiger partial charge in [-0.25, -0.2) is 13.4 Å². The molecule has 4 nitrogen and oxygen atoms in total. The highest BCUT2D eigenvalue weighted by atomic mass is 32.2. The Hall–Kier alpha value is -2.27. The van der Waals surface area contributed by atoms with Crippen LogP contribution in [0.2, 0.25) is 0 Å². The van der Waals surface area contributed by atoms with Crippen LogP contribution in [0, 0.1) is 13.8 Å². The van der Waals surface area contributed by atoms with E-state index in [0.29, 0.717) is 11.1 Å². The minimum absolute atomic E-state index is 0.119. The Labute approximate surface area is 130 Å². The van der Waals surface area contributed by atoms with E-state index in [2.05, 4.69) is 11.7 Å². The largest absolute Gasteiger partial charge is 0.276 e. The van der Waals surface area contributed by atoms with Crippen LogP contribution < -0.4 is 0 Å². The van der Waals surface area contributed by atoms with Gasteiger partial charge in [0.1, 0.15) is 0 Å². The summed E-state index contributed by atoms with van der Waals surface area (Å²) in [7, 11) is -3.49. The van der Waals surface area contributed by atoms with E-state index in [1.165, 1.54) is 6.07 Å². The van der Waals surface area contributed by atoms with Crippen LogP contribution in [0.25, 0.3) is 11.1 Å². The second kappa shape index (κ2) is 5.85. The molecule has 1 amide bonds. The maximum Gasteiger partial charge on any atom is 0.276 e. The Kier molecular flexibility index (Phi) is 4.28. The van der Waals surface area contributed by atoms with E-state index in [1.54, 1.807) is 13.0 Å². The van der Waals surface area contributed by atoms with Crippen molar-refractivity contribution in [2.45, 2.75) is 18.7 Å². The van der Waals surface area contributed by atoms with Gasteiger partial charge in [0.25, 0.3) is 5.91 Å². The lowest BCUT2D eigenvalue weighted by Crippen LogP contribution is -2.06. The molecular formula is C17H17NO3S. The molecule has 0 aliphatic rings. The van der Waals surface area contributed by atoms with Gasteiger partial charge in [0, 0.05) is 17.4 Å². The second-order valence-electron chi connectivity index (χ2n) is 5.26. The zero-order chi connectivity index (χ0) is 16.5. The van der Waals surface area contributed by atoms with Crippen molar-refractivity contribution >= 4 is 22.5 Å². The molecule has 0 spiro atoms. The normalized spacial score (nSPS) is 11.2. The molecule has 0 aliphatic carbocycles. The molecule has 0 aromatic heterocycles. The Bertz CT molecular complexity index is 850. The summed E-state index contributed by atoms with van der Waals surface area (Å²) in [6.45, 7) is 6.93. The third kappa shape index (κ3) is 3.14. The second-order valence-corrected chi connectivity index (χ2v) is 7.25. The molecule has 2 aromatic carbocycles. The van der Waals surface area contributed by atoms with Crippen LogP contribution in [0.4, 0.5) is 0 Å². The van der Waals surface area contributed by atoms with Crippen molar-refractivity contribution < 1.29 is 13.2 Å². The number of rotatable bonds is 3. The number of aryl methyl sites for hydroxylation is 2. The van der Waals surface area contributed by atoms with E-state index in [9.17, 15) is 13.2 Å². The van der Waals surface area contributed by atoms with Crippen LogP contribution >= 0.6 is 0 Å². The fourth-order valence-corrected chi connectivity index (χ4v) is 3.18. The van der Waals surface area contributed by atoms with Gasteiger partial charge in [-0.05, 0) is 43.8 Å². The van der Waals surface area contributed by atoms with Crippen molar-refractivity contribution in [3.05, 3.63) is 53.1 Å². The zero-order valence-electron chi connectivity index (χ0n) is 12.8. The molecule has 0 aliphatic heterocycles. The van der Waals surface area contributed by atoms with E-state index >= 15 is 0 Å². The summed E-state index contributed by atoms with van der Waals surface area (Å²) in [5, 5.41) is 0. The molecule has 0 N–H and O–H groups in total. The molecule has 0 atom stereocenters. The Balaban J connectivity index is 2.78. The summed E-state index contributed by atoms with van der Waals surface area (Å²) in [6, 6.07) is 10.7. The van der Waals surface area contributed by atoms with E-state index in [0.717, 1.165) is 17.4 Å². The Morgan fingerprint density at radius 3 is 2.18 bits per heavy atom. The first-order valence-corrected chi connectivity index (χ1v) is 8.56. The predicted molar refractivity (Wildman–Crippen MR) is 88.3 cm³/mol. The fourth-order valence-electron chi connectivity index (χ4n) is 2.27. The first kappa shape index (κ1) is 16.1. The number of nitrogens with zero attached hydrogens (tertiary/aromatic N) is 1. The molecule has 0 radical (unpaired) electrons. The van der Waals surface area contributed by atoms with Crippen LogP contribution in [0.5, 0.6) is 0 Å². The number of hydrogen-bond acceptors (Lipinski definition) is 3. The SMILES string of the molecule is C=NC(=O)c1cc(S(C)(=O)=O)c(-c2ccc(C)cc2)cc1C. The molecule has 0 fully saturated rings. The highest BCUT2D eigenvalue weighted by Gasteiger charge is 2.19. The van der Waals surface area contributed by atoms with E-state index in [-0.39, 0.29) is 10.5 Å². The summed E-state index contributed by atoms with van der Waals surface area (Å²) >= 11 is 0. The maximum absolute atomic E-state index is 12.1. The van der Waals surface area contributed by atoms with Gasteiger partial charge in [-0.3, -0.25) is 4.79 Å². The Morgan fingerprint density at radius 2 is 1.68 bits per heavy atom. The molecule has 2 rings (SSSR count). The number of benzene rings is 2. The zero-order valence-corrected chi connectivity index (χ0v) is 13.6. The Morgan fingerprint density at radius 1 is 1.09 bits per heavy atom. The van der Waals surface area contributed by atoms with E-state index < -0.39 is 15.7 Å². The molecule has 2 aromatic rings. The quantitative estimate of drug-likeness (QED) is 0.817. The van der Waals surface area contributed by atoms with Gasteiger partial charge in [-0.2, -0.15) is 0 Å². The monoisotopic (exact) mass is 315 g/mol. The van der Waals surface area contributed by atoms with Crippen LogP contribution in [-0.4, -0.2) is 27.3 Å². The maximum atomic E-state index is 12.1. The lowest BCUT2D eigenvalue weighted by molar-refractivity contribution is 0.100. The minimum atomic E-state index is -3.49. The predicted octanol–water partition coefficient (Wildman–Crippen LogP) is 3.21. The average Bonchev–Trinajstić information content (AvgIpc) is 2.45. The summed E-state index contributed by atoms with van der Waals surface area (Å²) in [4.78, 5) is 15.3. The number of carbonyl (C=O) groups excluding carboxylic acids is 1. The highest BCUT2D eigenvalue weighted by Crippen LogP contribution is 2.31. The lowest BCUT2D eigenvalue weighted by atomic mass is 9.98. The van der Waals surface area contributed by atoms with E-state index in [4.69, 9.17) is 0 Å². The number of hydrogen-bond donors (Lipinski definition) is 0. The molecule has 0 heterocycles. The van der Waals surface area contributed by atoms with Crippen molar-refractivity contribution in [1.82, 2.24) is 0 Å². The van der Waals surface area contributed by atoms with Crippen molar-refractivity contribution in [1.29, 1.82) is 0 Å². The van der Waals surface area contributed by atoms with Crippen LogP contribution in [0.1, 0.15) is 21.5 Å². The molecule has 5 heteroatoms. The summed E-state index contributed by atoms with van der Waals surface area (Å²) < 4.78 is 24.2. The fraction of sp³-hybridized carbons (Fsp3) is 0.176. The number of aliphatic imine (C=N–C) groups is 1. The molecule has 0 unspecified atom stereocenters. The summed E-state index contributed by atoms with van der Waals surface area (Å²) in [6.07, 6.45) is 1.13. The lowest BCUT2D eigenvalue weighted by Gasteiger charge is -2.12. The number of amides is 1. The smallest absolute Gasteiger partial charge is 0.267 e. The van der Waals surface area contributed by atoms with Gasteiger partial charge in [0.05, 0.1) is 4.90 Å². The van der Waals surface area contributed by atoms with Gasteiger partial charge < -0.3 is 0 Å². The number of carbonyl (C=O) groups is 1. The van der Waals surface area contributed by atoms with Gasteiger partial charge in [-0.1, -0.05) is 29.8 Å². The molecule has 0 saturated carbocycles. The van der Waals surface area contributed by atoms with Gasteiger partial charge >= 0.3 is 0 Å². The van der Waals surface area contributed by atoms with Crippen LogP contribution in [0.15, 0.2) is 46.3 Å². The molecular weight excluding hydrogens is 298 g/mol. The third-order valence-electron chi connectivity index (χ3n) is 3.46. The topological polar surface area (TPSA) is 63.6 Å². The number of sulfone groups is 1. The highest BCUT2D eigenvalue weighted by molar-refractivity contribution is 7.90. The first-order chi connectivity index (χ1) is 10.2. The van der Waals surface area contributed by atoms with E-state index in [1.807, 2.05) is 31.2 Å². The van der Waals surface area contributed by atoms with Crippen molar-refractivity contribution in [3.63, 3.8) is 0 Å². The summed E-state index contributed by atoms with van der Waals surface area (Å²) in [5.41, 5.74) is 3.39. The van der Waals surface area contributed by atoms with Gasteiger partial charge in [0.15, 0.2) is 9.84 Å². The average molecular weight is 315 g/mol. The van der Waals surface area contributed by atoms with Crippen molar-refractivity contribution in [2.24, 2.45) is 4.99 Å². The van der Waals surface area contributed by atoms with Crippen molar-refractivity contribution in [2.75, 3.05) is 6.26 Å². The van der Waals surface area contributed by atoms with Crippen LogP contribution in [-0.2, 0) is 9.84 Å². The summed E-state index contributed by atoms with van der Waals surface area (Å²) in [5.74, 6) is -0.530. The van der Waals surface area contributed by atoms with Crippen LogP contribution in [0.3, 0.4) is 0 Å². The molecule has 0 saturated heterocycles. The molecule has 0 bridgehead atoms. The van der Waals surface area contributed by atoms with Crippen molar-refractivity contribution in [3.8, 4) is 11.1 Å². The van der Waals surface area contributed by atoms with Gasteiger partial charge in [-0.15, -0.1) is 0 Å². The molecule has 22 heavy (non-hydrogen) atoms.